The van der Waals surface area contributed by atoms with Crippen molar-refractivity contribution in [2.24, 2.45) is 0 Å². The molecule has 52 heavy (non-hydrogen) atoms. The zero-order valence-corrected chi connectivity index (χ0v) is 28.9. The molecule has 1 unspecified atom stereocenters. The van der Waals surface area contributed by atoms with Gasteiger partial charge in [-0.3, -0.25) is 9.80 Å². The molecule has 2 atom stereocenters. The molecule has 2 fully saturated rings. The maximum absolute atomic E-state index is 13.1. The van der Waals surface area contributed by atoms with Crippen LogP contribution in [0.25, 0.3) is 22.1 Å². The molecule has 6 aromatic rings. The second kappa shape index (κ2) is 15.0. The summed E-state index contributed by atoms with van der Waals surface area (Å²) in [5.74, 6) is 8.12. The van der Waals surface area contributed by atoms with Crippen LogP contribution in [0.4, 0.5) is 9.59 Å². The number of imidazole rings is 2. The standard InChI is InChI=1S/C42H40N6O4/c49-41(51-27-31-11-3-1-4-12-31)47-23-9-7-15-37(47)39-43-33-21-19-29(25-35(33)45-39)17-18-30-20-22-34-36(26-30)46-40(44-34)38-16-8-10-24-48(38)42(50)52-28-32-13-5-2-6-14-32/h1-6,11-14,19-22,25-26,37-38H,7-10,15-16,23-24,27-28H2,(H,43,45)(H,44,46)/t37-,38?/m0/s1. The van der Waals surface area contributed by atoms with Gasteiger partial charge in [-0.1, -0.05) is 72.5 Å². The molecule has 2 amide bonds. The Kier molecular flexibility index (Phi) is 9.57. The molecule has 0 saturated carbocycles. The first-order chi connectivity index (χ1) is 25.6. The zero-order valence-electron chi connectivity index (χ0n) is 28.9. The van der Waals surface area contributed by atoms with E-state index >= 15 is 0 Å². The van der Waals surface area contributed by atoms with Crippen LogP contribution in [-0.4, -0.2) is 55.0 Å². The number of likely N-dealkylation sites (tertiary alicyclic amines) is 2. The minimum absolute atomic E-state index is 0.175. The molecular formula is C42H40N6O4. The zero-order chi connectivity index (χ0) is 35.3. The number of hydrogen-bond acceptors (Lipinski definition) is 6. The van der Waals surface area contributed by atoms with Gasteiger partial charge in [-0.15, -0.1) is 0 Å². The maximum atomic E-state index is 13.1. The third-order valence-corrected chi connectivity index (χ3v) is 9.87. The third kappa shape index (κ3) is 7.35. The summed E-state index contributed by atoms with van der Waals surface area (Å²) in [5.41, 5.74) is 7.02. The fourth-order valence-electron chi connectivity index (χ4n) is 7.15. The molecule has 10 heteroatoms. The Hall–Kier alpha value is -6.08. The first-order valence-corrected chi connectivity index (χ1v) is 18.0. The number of amides is 2. The molecule has 2 aliphatic rings. The van der Waals surface area contributed by atoms with Gasteiger partial charge in [0.2, 0.25) is 0 Å². The maximum Gasteiger partial charge on any atom is 0.410 e. The molecule has 2 aliphatic heterocycles. The number of carbonyl (C=O) groups is 2. The van der Waals surface area contributed by atoms with Crippen LogP contribution in [0.1, 0.15) is 84.5 Å². The van der Waals surface area contributed by atoms with E-state index in [4.69, 9.17) is 19.4 Å². The van der Waals surface area contributed by atoms with Gasteiger partial charge in [0, 0.05) is 24.2 Å². The van der Waals surface area contributed by atoms with Gasteiger partial charge < -0.3 is 19.4 Å². The summed E-state index contributed by atoms with van der Waals surface area (Å²) >= 11 is 0. The van der Waals surface area contributed by atoms with Crippen LogP contribution >= 0.6 is 0 Å². The average molecular weight is 693 g/mol. The quantitative estimate of drug-likeness (QED) is 0.169. The number of nitrogens with one attached hydrogen (secondary N) is 2. The number of aromatic amines is 2. The van der Waals surface area contributed by atoms with Gasteiger partial charge in [-0.25, -0.2) is 19.6 Å². The van der Waals surface area contributed by atoms with Gasteiger partial charge in [0.1, 0.15) is 24.9 Å². The molecule has 262 valence electrons. The van der Waals surface area contributed by atoms with E-state index in [1.165, 1.54) is 0 Å². The molecule has 4 aromatic carbocycles. The van der Waals surface area contributed by atoms with Gasteiger partial charge in [0.05, 0.1) is 34.2 Å². The summed E-state index contributed by atoms with van der Waals surface area (Å²) in [7, 11) is 0. The lowest BCUT2D eigenvalue weighted by Gasteiger charge is -2.33. The first kappa shape index (κ1) is 33.1. The highest BCUT2D eigenvalue weighted by molar-refractivity contribution is 5.79. The van der Waals surface area contributed by atoms with Crippen molar-refractivity contribution in [2.75, 3.05) is 13.1 Å². The molecule has 2 N–H and O–H groups in total. The lowest BCUT2D eigenvalue weighted by molar-refractivity contribution is 0.0655. The third-order valence-electron chi connectivity index (χ3n) is 9.87. The Bertz CT molecular complexity index is 2100. The predicted molar refractivity (Wildman–Crippen MR) is 198 cm³/mol. The van der Waals surface area contributed by atoms with Crippen molar-refractivity contribution in [1.29, 1.82) is 0 Å². The number of H-pyrrole nitrogens is 2. The number of rotatable bonds is 6. The van der Waals surface area contributed by atoms with Crippen molar-refractivity contribution in [1.82, 2.24) is 29.7 Å². The van der Waals surface area contributed by atoms with Crippen molar-refractivity contribution in [3.63, 3.8) is 0 Å². The minimum atomic E-state index is -0.320. The Morgan fingerprint density at radius 2 is 1.06 bits per heavy atom. The number of carbonyl (C=O) groups excluding carboxylic acids is 2. The molecule has 2 aromatic heterocycles. The molecule has 0 bridgehead atoms. The summed E-state index contributed by atoms with van der Waals surface area (Å²) < 4.78 is 11.4. The van der Waals surface area contributed by atoms with Crippen LogP contribution in [-0.2, 0) is 22.7 Å². The summed E-state index contributed by atoms with van der Waals surface area (Å²) in [6.45, 7) is 1.75. The lowest BCUT2D eigenvalue weighted by atomic mass is 10.0. The molecule has 0 aliphatic carbocycles. The topological polar surface area (TPSA) is 116 Å². The van der Waals surface area contributed by atoms with Crippen molar-refractivity contribution in [3.8, 4) is 11.8 Å². The van der Waals surface area contributed by atoms with Gasteiger partial charge in [-0.2, -0.15) is 0 Å². The van der Waals surface area contributed by atoms with E-state index in [9.17, 15) is 9.59 Å². The number of aromatic nitrogens is 4. The number of nitrogens with zero attached hydrogens (tertiary/aromatic N) is 4. The van der Waals surface area contributed by atoms with Crippen LogP contribution in [0.3, 0.4) is 0 Å². The van der Waals surface area contributed by atoms with Crippen molar-refractivity contribution in [3.05, 3.63) is 131 Å². The Morgan fingerprint density at radius 1 is 0.615 bits per heavy atom. The van der Waals surface area contributed by atoms with E-state index in [1.807, 2.05) is 97.1 Å². The van der Waals surface area contributed by atoms with Crippen LogP contribution in [0.15, 0.2) is 97.1 Å². The number of benzene rings is 4. The van der Waals surface area contributed by atoms with E-state index in [2.05, 4.69) is 21.8 Å². The molecule has 8 rings (SSSR count). The minimum Gasteiger partial charge on any atom is -0.445 e. The number of ether oxygens (including phenoxy) is 2. The van der Waals surface area contributed by atoms with Gasteiger partial charge >= 0.3 is 12.2 Å². The van der Waals surface area contributed by atoms with E-state index in [1.54, 1.807) is 9.80 Å². The van der Waals surface area contributed by atoms with Gasteiger partial charge in [0.15, 0.2) is 0 Å². The smallest absolute Gasteiger partial charge is 0.410 e. The van der Waals surface area contributed by atoms with Crippen LogP contribution in [0, 0.1) is 11.8 Å². The monoisotopic (exact) mass is 692 g/mol. The molecule has 0 radical (unpaired) electrons. The molecular weight excluding hydrogens is 652 g/mol. The van der Waals surface area contributed by atoms with Gasteiger partial charge in [-0.05, 0) is 86.1 Å². The van der Waals surface area contributed by atoms with E-state index in [-0.39, 0.29) is 37.5 Å². The summed E-state index contributed by atoms with van der Waals surface area (Å²) in [6.07, 6.45) is 4.91. The largest absolute Gasteiger partial charge is 0.445 e. The highest BCUT2D eigenvalue weighted by atomic mass is 16.6. The normalized spacial score (nSPS) is 17.5. The Labute approximate surface area is 302 Å². The molecule has 10 nitrogen and oxygen atoms in total. The molecule has 2 saturated heterocycles. The first-order valence-electron chi connectivity index (χ1n) is 18.0. The summed E-state index contributed by atoms with van der Waals surface area (Å²) in [6, 6.07) is 31.0. The van der Waals surface area contributed by atoms with E-state index in [0.29, 0.717) is 13.1 Å². The summed E-state index contributed by atoms with van der Waals surface area (Å²) in [5, 5.41) is 0. The Balaban J connectivity index is 0.953. The fraction of sp³-hybridized carbons (Fsp3) is 0.286. The van der Waals surface area contributed by atoms with Gasteiger partial charge in [0.25, 0.3) is 0 Å². The van der Waals surface area contributed by atoms with Crippen LogP contribution in [0.5, 0.6) is 0 Å². The molecule has 0 spiro atoms. The van der Waals surface area contributed by atoms with Crippen LogP contribution in [0.2, 0.25) is 0 Å². The predicted octanol–water partition coefficient (Wildman–Crippen LogP) is 8.57. The van der Waals surface area contributed by atoms with E-state index in [0.717, 1.165) is 94.5 Å². The Morgan fingerprint density at radius 3 is 1.50 bits per heavy atom. The number of fused-ring (bicyclic) bond motifs is 2. The number of piperidine rings is 2. The lowest BCUT2D eigenvalue weighted by Crippen LogP contribution is -2.39. The highest BCUT2D eigenvalue weighted by Gasteiger charge is 2.32. The van der Waals surface area contributed by atoms with Crippen molar-refractivity contribution < 1.29 is 19.1 Å². The average Bonchev–Trinajstić information content (AvgIpc) is 3.83. The van der Waals surface area contributed by atoms with Crippen LogP contribution < -0.4 is 0 Å². The number of hydrogen-bond donors (Lipinski definition) is 2. The van der Waals surface area contributed by atoms with E-state index < -0.39 is 0 Å². The SMILES string of the molecule is O=C(OCc1ccccc1)N1CCCCC1c1nc2ccc(C#Cc3ccc4nc([C@@H]5CCCCN5C(=O)OCc5ccccc5)[nH]c4c3)cc2[nH]1. The van der Waals surface area contributed by atoms with Crippen molar-refractivity contribution >= 4 is 34.3 Å². The second-order valence-corrected chi connectivity index (χ2v) is 13.4. The second-order valence-electron chi connectivity index (χ2n) is 13.4. The highest BCUT2D eigenvalue weighted by Crippen LogP contribution is 2.33. The summed E-state index contributed by atoms with van der Waals surface area (Å²) in [4.78, 5) is 46.5. The van der Waals surface area contributed by atoms with Crippen molar-refractivity contribution in [2.45, 2.75) is 63.8 Å². The fourth-order valence-corrected chi connectivity index (χ4v) is 7.15. The molecule has 4 heterocycles.